The van der Waals surface area contributed by atoms with E-state index in [-0.39, 0.29) is 0 Å². The van der Waals surface area contributed by atoms with Gasteiger partial charge in [0.2, 0.25) is 0 Å². The molecule has 1 aromatic rings. The van der Waals surface area contributed by atoms with Crippen LogP contribution in [0.25, 0.3) is 0 Å². The first kappa shape index (κ1) is 11.7. The maximum atomic E-state index is 5.94. The molecule has 0 fully saturated rings. The van der Waals surface area contributed by atoms with Gasteiger partial charge in [-0.05, 0) is 6.26 Å². The van der Waals surface area contributed by atoms with Crippen LogP contribution in [0.4, 0.5) is 0 Å². The van der Waals surface area contributed by atoms with Gasteiger partial charge in [-0.3, -0.25) is 0 Å². The summed E-state index contributed by atoms with van der Waals surface area (Å²) < 4.78 is 10.1. The van der Waals surface area contributed by atoms with Crippen molar-refractivity contribution in [2.24, 2.45) is 0 Å². The molecule has 1 heterocycles. The van der Waals surface area contributed by atoms with Crippen LogP contribution in [0.3, 0.4) is 0 Å². The number of hydrogen-bond acceptors (Lipinski definition) is 5. The Kier molecular flexibility index (Phi) is 4.60. The van der Waals surface area contributed by atoms with Crippen molar-refractivity contribution >= 4 is 23.4 Å². The fourth-order valence-corrected chi connectivity index (χ4v) is 1.57. The van der Waals surface area contributed by atoms with Gasteiger partial charge in [0.1, 0.15) is 5.15 Å². The average Bonchev–Trinajstić information content (AvgIpc) is 2.22. The second-order valence-electron chi connectivity index (χ2n) is 2.41. The second kappa shape index (κ2) is 5.50. The minimum atomic E-state index is -0.515. The Morgan fingerprint density at radius 1 is 1.43 bits per heavy atom. The molecular weight excluding hydrogens is 224 g/mol. The Morgan fingerprint density at radius 3 is 2.50 bits per heavy atom. The smallest absolute Gasteiger partial charge is 0.188 e. The quantitative estimate of drug-likeness (QED) is 0.346. The van der Waals surface area contributed by atoms with Gasteiger partial charge in [0, 0.05) is 20.4 Å². The summed E-state index contributed by atoms with van der Waals surface area (Å²) in [5.41, 5.74) is 0.634. The van der Waals surface area contributed by atoms with Crippen molar-refractivity contribution in [3.63, 3.8) is 0 Å². The summed E-state index contributed by atoms with van der Waals surface area (Å²) in [5.74, 6) is 0. The molecule has 0 N–H and O–H groups in total. The standard InChI is InChI=1S/C8H11ClN2O2S/c1-12-7(13-2)5-4-10-8(14-3)11-6(5)9/h4,7H,1-3H3. The maximum absolute atomic E-state index is 5.94. The van der Waals surface area contributed by atoms with E-state index in [1.165, 1.54) is 26.0 Å². The van der Waals surface area contributed by atoms with Crippen LogP contribution in [0.15, 0.2) is 11.4 Å². The molecule has 0 unspecified atom stereocenters. The third-order valence-electron chi connectivity index (χ3n) is 1.61. The fraction of sp³-hybridized carbons (Fsp3) is 0.500. The highest BCUT2D eigenvalue weighted by Crippen LogP contribution is 2.24. The zero-order chi connectivity index (χ0) is 10.6. The van der Waals surface area contributed by atoms with E-state index in [2.05, 4.69) is 9.97 Å². The molecule has 78 valence electrons. The van der Waals surface area contributed by atoms with Crippen LogP contribution in [0.5, 0.6) is 0 Å². The van der Waals surface area contributed by atoms with Crippen LogP contribution in [-0.4, -0.2) is 30.4 Å². The molecule has 0 saturated carbocycles. The third kappa shape index (κ3) is 2.57. The largest absolute Gasteiger partial charge is 0.352 e. The summed E-state index contributed by atoms with van der Waals surface area (Å²) in [6.07, 6.45) is 2.98. The van der Waals surface area contributed by atoms with Gasteiger partial charge in [0.05, 0.1) is 5.56 Å². The predicted octanol–water partition coefficient (Wildman–Crippen LogP) is 2.14. The average molecular weight is 235 g/mol. The van der Waals surface area contributed by atoms with Crippen LogP contribution >= 0.6 is 23.4 Å². The lowest BCUT2D eigenvalue weighted by Crippen LogP contribution is -2.06. The first-order valence-electron chi connectivity index (χ1n) is 3.85. The molecule has 0 aromatic carbocycles. The van der Waals surface area contributed by atoms with Gasteiger partial charge < -0.3 is 9.47 Å². The molecular formula is C8H11ClN2O2S. The van der Waals surface area contributed by atoms with Gasteiger partial charge in [-0.25, -0.2) is 9.97 Å². The number of methoxy groups -OCH3 is 2. The molecule has 0 amide bonds. The summed E-state index contributed by atoms with van der Waals surface area (Å²) in [6.45, 7) is 0. The minimum Gasteiger partial charge on any atom is -0.352 e. The minimum absolute atomic E-state index is 0.359. The van der Waals surface area contributed by atoms with Crippen molar-refractivity contribution in [2.45, 2.75) is 11.4 Å². The van der Waals surface area contributed by atoms with Crippen molar-refractivity contribution in [3.8, 4) is 0 Å². The molecule has 0 atom stereocenters. The lowest BCUT2D eigenvalue weighted by Gasteiger charge is -2.13. The van der Waals surface area contributed by atoms with Crippen LogP contribution in [-0.2, 0) is 9.47 Å². The Labute approximate surface area is 92.0 Å². The fourth-order valence-electron chi connectivity index (χ4n) is 0.962. The number of halogens is 1. The summed E-state index contributed by atoms with van der Waals surface area (Å²) in [4.78, 5) is 8.15. The molecule has 1 rings (SSSR count). The van der Waals surface area contributed by atoms with Gasteiger partial charge in [-0.1, -0.05) is 23.4 Å². The molecule has 1 aromatic heterocycles. The number of aromatic nitrogens is 2. The second-order valence-corrected chi connectivity index (χ2v) is 3.54. The molecule has 0 spiro atoms. The Balaban J connectivity index is 2.98. The highest BCUT2D eigenvalue weighted by molar-refractivity contribution is 7.98. The van der Waals surface area contributed by atoms with E-state index in [0.717, 1.165) is 0 Å². The topological polar surface area (TPSA) is 44.2 Å². The van der Waals surface area contributed by atoms with E-state index in [1.807, 2.05) is 6.26 Å². The van der Waals surface area contributed by atoms with E-state index in [9.17, 15) is 0 Å². The van der Waals surface area contributed by atoms with E-state index in [0.29, 0.717) is 15.9 Å². The Hall–Kier alpha value is -0.360. The number of ether oxygens (including phenoxy) is 2. The van der Waals surface area contributed by atoms with Crippen molar-refractivity contribution in [1.82, 2.24) is 9.97 Å². The van der Waals surface area contributed by atoms with Gasteiger partial charge in [0.15, 0.2) is 11.4 Å². The molecule has 0 saturated heterocycles. The molecule has 4 nitrogen and oxygen atoms in total. The van der Waals surface area contributed by atoms with Crippen molar-refractivity contribution in [3.05, 3.63) is 16.9 Å². The number of rotatable bonds is 4. The molecule has 0 bridgehead atoms. The zero-order valence-corrected chi connectivity index (χ0v) is 9.72. The monoisotopic (exact) mass is 234 g/mol. The number of hydrogen-bond donors (Lipinski definition) is 0. The highest BCUT2D eigenvalue weighted by atomic mass is 35.5. The normalized spacial score (nSPS) is 10.9. The first-order chi connectivity index (χ1) is 6.72. The van der Waals surface area contributed by atoms with Crippen LogP contribution < -0.4 is 0 Å². The van der Waals surface area contributed by atoms with Crippen LogP contribution in [0.1, 0.15) is 11.9 Å². The molecule has 14 heavy (non-hydrogen) atoms. The van der Waals surface area contributed by atoms with Crippen molar-refractivity contribution in [2.75, 3.05) is 20.5 Å². The summed E-state index contributed by atoms with van der Waals surface area (Å²) in [5, 5.41) is 0.989. The van der Waals surface area contributed by atoms with Crippen LogP contribution in [0, 0.1) is 0 Å². The van der Waals surface area contributed by atoms with Gasteiger partial charge >= 0.3 is 0 Å². The first-order valence-corrected chi connectivity index (χ1v) is 5.45. The maximum Gasteiger partial charge on any atom is 0.188 e. The van der Waals surface area contributed by atoms with Gasteiger partial charge in [-0.15, -0.1) is 0 Å². The zero-order valence-electron chi connectivity index (χ0n) is 8.15. The van der Waals surface area contributed by atoms with Crippen molar-refractivity contribution < 1.29 is 9.47 Å². The highest BCUT2D eigenvalue weighted by Gasteiger charge is 2.15. The lowest BCUT2D eigenvalue weighted by atomic mass is 10.3. The van der Waals surface area contributed by atoms with Gasteiger partial charge in [0.25, 0.3) is 0 Å². The molecule has 0 aliphatic heterocycles. The molecule has 0 aliphatic carbocycles. The van der Waals surface area contributed by atoms with E-state index in [1.54, 1.807) is 6.20 Å². The van der Waals surface area contributed by atoms with Crippen molar-refractivity contribution in [1.29, 1.82) is 0 Å². The predicted molar refractivity (Wildman–Crippen MR) is 55.6 cm³/mol. The molecule has 6 heteroatoms. The van der Waals surface area contributed by atoms with E-state index >= 15 is 0 Å². The number of nitrogens with zero attached hydrogens (tertiary/aromatic N) is 2. The van der Waals surface area contributed by atoms with Gasteiger partial charge in [-0.2, -0.15) is 0 Å². The van der Waals surface area contributed by atoms with Crippen LogP contribution in [0.2, 0.25) is 5.15 Å². The summed E-state index contributed by atoms with van der Waals surface area (Å²) in [6, 6.07) is 0. The van der Waals surface area contributed by atoms with E-state index < -0.39 is 6.29 Å². The Bertz CT molecular complexity index is 307. The Morgan fingerprint density at radius 2 is 2.07 bits per heavy atom. The summed E-state index contributed by atoms with van der Waals surface area (Å²) in [7, 11) is 3.07. The SMILES string of the molecule is COC(OC)c1cnc(SC)nc1Cl. The third-order valence-corrected chi connectivity index (χ3v) is 2.48. The molecule has 0 radical (unpaired) electrons. The molecule has 0 aliphatic rings. The lowest BCUT2D eigenvalue weighted by molar-refractivity contribution is -0.106. The van der Waals surface area contributed by atoms with E-state index in [4.69, 9.17) is 21.1 Å². The summed E-state index contributed by atoms with van der Waals surface area (Å²) >= 11 is 7.37. The number of thioether (sulfide) groups is 1.